The van der Waals surface area contributed by atoms with Crippen LogP contribution < -0.4 is 5.32 Å². The van der Waals surface area contributed by atoms with Crippen molar-refractivity contribution >= 4 is 38.6 Å². The van der Waals surface area contributed by atoms with Gasteiger partial charge in [-0.1, -0.05) is 18.3 Å². The van der Waals surface area contributed by atoms with E-state index >= 15 is 0 Å². The first kappa shape index (κ1) is 15.9. The number of carbonyl (C=O) groups excluding carboxylic acids is 2. The molecule has 2 amide bonds. The number of nitrogens with one attached hydrogen (secondary N) is 1. The zero-order valence-electron chi connectivity index (χ0n) is 13.1. The molecular weight excluding hydrogens is 312 g/mol. The molecule has 3 rings (SSSR count). The van der Waals surface area contributed by atoms with Crippen molar-refractivity contribution in [1.29, 1.82) is 0 Å². The van der Waals surface area contributed by atoms with Crippen LogP contribution in [-0.4, -0.2) is 39.8 Å². The Kier molecular flexibility index (Phi) is 4.85. The van der Waals surface area contributed by atoms with Crippen molar-refractivity contribution in [3.05, 3.63) is 18.3 Å². The number of rotatable bonds is 4. The zero-order valence-corrected chi connectivity index (χ0v) is 13.9. The minimum atomic E-state index is -0.0550. The highest BCUT2D eigenvalue weighted by atomic mass is 32.1. The number of anilines is 1. The van der Waals surface area contributed by atoms with Crippen LogP contribution in [0.15, 0.2) is 18.3 Å². The summed E-state index contributed by atoms with van der Waals surface area (Å²) >= 11 is 1.38. The van der Waals surface area contributed by atoms with Gasteiger partial charge in [-0.15, -0.1) is 0 Å². The highest BCUT2D eigenvalue weighted by Gasteiger charge is 2.27. The Balaban J connectivity index is 1.56. The van der Waals surface area contributed by atoms with Gasteiger partial charge in [-0.3, -0.25) is 9.59 Å². The molecule has 1 aliphatic rings. The van der Waals surface area contributed by atoms with Crippen LogP contribution in [0.4, 0.5) is 5.13 Å². The summed E-state index contributed by atoms with van der Waals surface area (Å²) in [6, 6.07) is 3.71. The van der Waals surface area contributed by atoms with E-state index in [0.29, 0.717) is 37.5 Å². The van der Waals surface area contributed by atoms with Crippen molar-refractivity contribution in [3.63, 3.8) is 0 Å². The van der Waals surface area contributed by atoms with E-state index in [9.17, 15) is 9.59 Å². The molecule has 3 heterocycles. The fourth-order valence-electron chi connectivity index (χ4n) is 2.79. The number of nitrogens with zero attached hydrogens (tertiary/aromatic N) is 3. The third-order valence-electron chi connectivity index (χ3n) is 4.08. The summed E-state index contributed by atoms with van der Waals surface area (Å²) in [6.07, 6.45) is 4.60. The first-order chi connectivity index (χ1) is 11.2. The molecule has 6 nitrogen and oxygen atoms in total. The smallest absolute Gasteiger partial charge is 0.229 e. The number of fused-ring (bicyclic) bond motifs is 1. The van der Waals surface area contributed by atoms with Crippen LogP contribution in [0, 0.1) is 5.92 Å². The van der Waals surface area contributed by atoms with Gasteiger partial charge in [0.15, 0.2) is 5.13 Å². The van der Waals surface area contributed by atoms with Crippen LogP contribution in [0.1, 0.15) is 32.6 Å². The summed E-state index contributed by atoms with van der Waals surface area (Å²) in [6.45, 7) is 3.33. The van der Waals surface area contributed by atoms with Crippen LogP contribution in [-0.2, 0) is 9.59 Å². The Morgan fingerprint density at radius 1 is 1.39 bits per heavy atom. The minimum absolute atomic E-state index is 0.00773. The lowest BCUT2D eigenvalue weighted by Crippen LogP contribution is -2.41. The molecule has 7 heteroatoms. The number of carbonyl (C=O) groups is 2. The first-order valence-corrected chi connectivity index (χ1v) is 8.79. The third kappa shape index (κ3) is 3.67. The normalized spacial score (nSPS) is 15.8. The number of hydrogen-bond acceptors (Lipinski definition) is 5. The Bertz CT molecular complexity index is 674. The quantitative estimate of drug-likeness (QED) is 0.934. The average Bonchev–Trinajstić information content (AvgIpc) is 2.97. The second-order valence-electron chi connectivity index (χ2n) is 5.74. The molecule has 0 aliphatic carbocycles. The zero-order chi connectivity index (χ0) is 16.2. The van der Waals surface area contributed by atoms with E-state index in [4.69, 9.17) is 0 Å². The van der Waals surface area contributed by atoms with Crippen molar-refractivity contribution in [2.45, 2.75) is 32.6 Å². The third-order valence-corrected chi connectivity index (χ3v) is 4.97. The van der Waals surface area contributed by atoms with Crippen LogP contribution in [0.5, 0.6) is 0 Å². The molecule has 0 bridgehead atoms. The summed E-state index contributed by atoms with van der Waals surface area (Å²) in [4.78, 5) is 35.5. The lowest BCUT2D eigenvalue weighted by Gasteiger charge is -2.31. The summed E-state index contributed by atoms with van der Waals surface area (Å²) in [5.41, 5.74) is 0.799. The van der Waals surface area contributed by atoms with Crippen molar-refractivity contribution in [3.8, 4) is 0 Å². The molecular formula is C16H20N4O2S. The highest BCUT2D eigenvalue weighted by Crippen LogP contribution is 2.25. The second-order valence-corrected chi connectivity index (χ2v) is 6.72. The number of aromatic nitrogens is 2. The van der Waals surface area contributed by atoms with Gasteiger partial charge in [0.1, 0.15) is 10.3 Å². The van der Waals surface area contributed by atoms with Crippen LogP contribution >= 0.6 is 11.3 Å². The molecule has 1 fully saturated rings. The van der Waals surface area contributed by atoms with E-state index in [1.54, 1.807) is 6.20 Å². The highest BCUT2D eigenvalue weighted by molar-refractivity contribution is 7.21. The van der Waals surface area contributed by atoms with Crippen LogP contribution in [0.3, 0.4) is 0 Å². The Labute approximate surface area is 138 Å². The predicted octanol–water partition coefficient (Wildman–Crippen LogP) is 2.67. The van der Waals surface area contributed by atoms with Crippen LogP contribution in [0.25, 0.3) is 10.3 Å². The molecule has 0 radical (unpaired) electrons. The molecule has 23 heavy (non-hydrogen) atoms. The van der Waals surface area contributed by atoms with Crippen molar-refractivity contribution < 1.29 is 9.59 Å². The monoisotopic (exact) mass is 332 g/mol. The van der Waals surface area contributed by atoms with Gasteiger partial charge in [0.05, 0.1) is 0 Å². The van der Waals surface area contributed by atoms with E-state index in [1.807, 2.05) is 24.0 Å². The standard InChI is InChI=1S/C16H20N4O2S/c1-2-4-13(21)20-9-6-11(7-10-20)14(22)19-16-18-12-5-3-8-17-15(12)23-16/h3,5,8,11H,2,4,6-7,9-10H2,1H3,(H,18,19,22). The second kappa shape index (κ2) is 7.04. The molecule has 1 aliphatic heterocycles. The maximum absolute atomic E-state index is 12.4. The summed E-state index contributed by atoms with van der Waals surface area (Å²) < 4.78 is 0. The number of likely N-dealkylation sites (tertiary alicyclic amines) is 1. The molecule has 2 aromatic rings. The van der Waals surface area contributed by atoms with Crippen molar-refractivity contribution in [1.82, 2.24) is 14.9 Å². The van der Waals surface area contributed by atoms with Crippen molar-refractivity contribution in [2.75, 3.05) is 18.4 Å². The van der Waals surface area contributed by atoms with Gasteiger partial charge in [0, 0.05) is 31.6 Å². The van der Waals surface area contributed by atoms with Gasteiger partial charge < -0.3 is 10.2 Å². The van der Waals surface area contributed by atoms with Crippen molar-refractivity contribution in [2.24, 2.45) is 5.92 Å². The lowest BCUT2D eigenvalue weighted by atomic mass is 9.96. The topological polar surface area (TPSA) is 75.2 Å². The van der Waals surface area contributed by atoms with Gasteiger partial charge in [-0.25, -0.2) is 9.97 Å². The molecule has 0 atom stereocenters. The molecule has 1 saturated heterocycles. The molecule has 0 saturated carbocycles. The van der Waals surface area contributed by atoms with Gasteiger partial charge >= 0.3 is 0 Å². The number of amides is 2. The first-order valence-electron chi connectivity index (χ1n) is 7.97. The maximum atomic E-state index is 12.4. The van der Waals surface area contributed by atoms with E-state index < -0.39 is 0 Å². The Morgan fingerprint density at radius 3 is 2.87 bits per heavy atom. The Hall–Kier alpha value is -2.02. The minimum Gasteiger partial charge on any atom is -0.343 e. The fraction of sp³-hybridized carbons (Fsp3) is 0.500. The average molecular weight is 332 g/mol. The van der Waals surface area contributed by atoms with Gasteiger partial charge in [-0.2, -0.15) is 0 Å². The van der Waals surface area contributed by atoms with E-state index in [1.165, 1.54) is 11.3 Å². The van der Waals surface area contributed by atoms with Gasteiger partial charge in [-0.05, 0) is 31.4 Å². The number of hydrogen-bond donors (Lipinski definition) is 1. The molecule has 122 valence electrons. The predicted molar refractivity (Wildman–Crippen MR) is 90.3 cm³/mol. The number of thiazole rings is 1. The molecule has 2 aromatic heterocycles. The van der Waals surface area contributed by atoms with E-state index in [-0.39, 0.29) is 17.7 Å². The summed E-state index contributed by atoms with van der Waals surface area (Å²) in [7, 11) is 0. The molecule has 0 spiro atoms. The fourth-order valence-corrected chi connectivity index (χ4v) is 3.60. The van der Waals surface area contributed by atoms with Crippen LogP contribution in [0.2, 0.25) is 0 Å². The summed E-state index contributed by atoms with van der Waals surface area (Å²) in [5, 5.41) is 3.49. The Morgan fingerprint density at radius 2 is 2.17 bits per heavy atom. The summed E-state index contributed by atoms with van der Waals surface area (Å²) in [5.74, 6) is 0.135. The molecule has 1 N–H and O–H groups in total. The molecule has 0 aromatic carbocycles. The lowest BCUT2D eigenvalue weighted by molar-refractivity contribution is -0.134. The number of pyridine rings is 1. The largest absolute Gasteiger partial charge is 0.343 e. The number of piperidine rings is 1. The van der Waals surface area contributed by atoms with Gasteiger partial charge in [0.2, 0.25) is 11.8 Å². The SMILES string of the molecule is CCCC(=O)N1CCC(C(=O)Nc2nc3cccnc3s2)CC1. The maximum Gasteiger partial charge on any atom is 0.229 e. The van der Waals surface area contributed by atoms with E-state index in [0.717, 1.165) is 16.8 Å². The van der Waals surface area contributed by atoms with Gasteiger partial charge in [0.25, 0.3) is 0 Å². The van der Waals surface area contributed by atoms with E-state index in [2.05, 4.69) is 15.3 Å². The molecule has 0 unspecified atom stereocenters.